The predicted octanol–water partition coefficient (Wildman–Crippen LogP) is 0.0502. The molecular formula is C12H22N2O3. The second kappa shape index (κ2) is 5.80. The van der Waals surface area contributed by atoms with Crippen LogP contribution in [0.4, 0.5) is 0 Å². The quantitative estimate of drug-likeness (QED) is 0.731. The number of carbonyl (C=O) groups excluding carboxylic acids is 1. The molecule has 2 N–H and O–H groups in total. The topological polar surface area (TPSA) is 59.6 Å². The summed E-state index contributed by atoms with van der Waals surface area (Å²) in [5.74, 6) is 0.0513. The van der Waals surface area contributed by atoms with Gasteiger partial charge in [-0.1, -0.05) is 0 Å². The van der Waals surface area contributed by atoms with Gasteiger partial charge in [0.15, 0.2) is 0 Å². The van der Waals surface area contributed by atoms with Crippen molar-refractivity contribution in [1.82, 2.24) is 10.6 Å². The summed E-state index contributed by atoms with van der Waals surface area (Å²) in [6, 6.07) is 0. The molecule has 0 bridgehead atoms. The van der Waals surface area contributed by atoms with Crippen molar-refractivity contribution in [2.75, 3.05) is 32.8 Å². The number of hydrogen-bond acceptors (Lipinski definition) is 4. The van der Waals surface area contributed by atoms with Crippen LogP contribution in [0.15, 0.2) is 0 Å². The van der Waals surface area contributed by atoms with Crippen molar-refractivity contribution in [3.8, 4) is 0 Å². The van der Waals surface area contributed by atoms with Crippen LogP contribution in [0.25, 0.3) is 0 Å². The second-order valence-corrected chi connectivity index (χ2v) is 5.08. The first kappa shape index (κ1) is 12.8. The lowest BCUT2D eigenvalue weighted by Crippen LogP contribution is -2.44. The van der Waals surface area contributed by atoms with Gasteiger partial charge >= 0.3 is 0 Å². The zero-order valence-corrected chi connectivity index (χ0v) is 10.5. The Labute approximate surface area is 102 Å². The van der Waals surface area contributed by atoms with E-state index in [1.54, 1.807) is 0 Å². The molecule has 0 aromatic rings. The summed E-state index contributed by atoms with van der Waals surface area (Å²) in [6.45, 7) is 5.80. The molecule has 5 nitrogen and oxygen atoms in total. The molecule has 98 valence electrons. The number of hydrogen-bond donors (Lipinski definition) is 2. The molecule has 17 heavy (non-hydrogen) atoms. The lowest BCUT2D eigenvalue weighted by atomic mass is 10.0. The van der Waals surface area contributed by atoms with E-state index >= 15 is 0 Å². The molecule has 2 aliphatic rings. The highest BCUT2D eigenvalue weighted by atomic mass is 16.5. The smallest absolute Gasteiger partial charge is 0.222 e. The number of amides is 1. The van der Waals surface area contributed by atoms with Crippen molar-refractivity contribution in [2.45, 2.75) is 37.9 Å². The number of rotatable bonds is 4. The van der Waals surface area contributed by atoms with E-state index in [4.69, 9.17) is 9.47 Å². The molecule has 5 heteroatoms. The maximum Gasteiger partial charge on any atom is 0.222 e. The minimum absolute atomic E-state index is 0.0149. The van der Waals surface area contributed by atoms with Gasteiger partial charge in [0, 0.05) is 26.2 Å². The maximum atomic E-state index is 11.7. The average molecular weight is 242 g/mol. The highest BCUT2D eigenvalue weighted by Gasteiger charge is 2.30. The number of nitrogens with one attached hydrogen (secondary N) is 2. The van der Waals surface area contributed by atoms with Gasteiger partial charge in [-0.3, -0.25) is 4.79 Å². The van der Waals surface area contributed by atoms with Crippen molar-refractivity contribution in [2.24, 2.45) is 0 Å². The molecule has 2 fully saturated rings. The first-order valence-electron chi connectivity index (χ1n) is 6.41. The van der Waals surface area contributed by atoms with Crippen LogP contribution in [0, 0.1) is 0 Å². The van der Waals surface area contributed by atoms with Gasteiger partial charge in [-0.2, -0.15) is 0 Å². The van der Waals surface area contributed by atoms with E-state index in [-0.39, 0.29) is 17.6 Å². The summed E-state index contributed by atoms with van der Waals surface area (Å²) >= 11 is 0. The molecule has 0 spiro atoms. The Kier molecular flexibility index (Phi) is 4.36. The van der Waals surface area contributed by atoms with Crippen LogP contribution in [0.2, 0.25) is 0 Å². The first-order chi connectivity index (χ1) is 8.18. The maximum absolute atomic E-state index is 11.7. The zero-order valence-electron chi connectivity index (χ0n) is 10.5. The van der Waals surface area contributed by atoms with Crippen LogP contribution in [0.3, 0.4) is 0 Å². The van der Waals surface area contributed by atoms with Gasteiger partial charge in [0.25, 0.3) is 0 Å². The van der Waals surface area contributed by atoms with Crippen molar-refractivity contribution < 1.29 is 14.3 Å². The Morgan fingerprint density at radius 1 is 1.53 bits per heavy atom. The van der Waals surface area contributed by atoms with Gasteiger partial charge in [-0.25, -0.2) is 0 Å². The molecule has 1 amide bonds. The van der Waals surface area contributed by atoms with Gasteiger partial charge in [-0.05, 0) is 19.8 Å². The number of ether oxygens (including phenoxy) is 2. The van der Waals surface area contributed by atoms with Crippen molar-refractivity contribution >= 4 is 5.91 Å². The number of morpholine rings is 1. The molecule has 0 radical (unpaired) electrons. The summed E-state index contributed by atoms with van der Waals surface area (Å²) in [5.41, 5.74) is -0.165. The molecule has 2 unspecified atom stereocenters. The standard InChI is InChI=1S/C12H22N2O3/c1-12(3-2-5-17-12)9-14-11(15)7-10-8-13-4-6-16-10/h10,13H,2-9H2,1H3,(H,14,15). The van der Waals surface area contributed by atoms with Crippen LogP contribution in [0.5, 0.6) is 0 Å². The highest BCUT2D eigenvalue weighted by Crippen LogP contribution is 2.23. The Morgan fingerprint density at radius 3 is 3.06 bits per heavy atom. The third kappa shape index (κ3) is 3.94. The molecule has 0 saturated carbocycles. The van der Waals surface area contributed by atoms with Gasteiger partial charge < -0.3 is 20.1 Å². The third-order valence-corrected chi connectivity index (χ3v) is 3.38. The molecule has 2 saturated heterocycles. The van der Waals surface area contributed by atoms with Crippen LogP contribution in [-0.2, 0) is 14.3 Å². The summed E-state index contributed by atoms with van der Waals surface area (Å²) in [7, 11) is 0. The van der Waals surface area contributed by atoms with Gasteiger partial charge in [-0.15, -0.1) is 0 Å². The molecule has 0 aromatic heterocycles. The van der Waals surface area contributed by atoms with E-state index in [1.807, 2.05) is 0 Å². The van der Waals surface area contributed by atoms with Crippen molar-refractivity contribution in [3.63, 3.8) is 0 Å². The minimum Gasteiger partial charge on any atom is -0.375 e. The fraction of sp³-hybridized carbons (Fsp3) is 0.917. The fourth-order valence-electron chi connectivity index (χ4n) is 2.29. The molecule has 0 aliphatic carbocycles. The monoisotopic (exact) mass is 242 g/mol. The van der Waals surface area contributed by atoms with E-state index in [0.717, 1.165) is 32.5 Å². The zero-order chi connectivity index (χ0) is 12.1. The molecule has 2 aliphatic heterocycles. The molecule has 2 heterocycles. The SMILES string of the molecule is CC1(CNC(=O)CC2CNCCO2)CCCO1. The largest absolute Gasteiger partial charge is 0.375 e. The predicted molar refractivity (Wildman–Crippen MR) is 63.8 cm³/mol. The Balaban J connectivity index is 1.66. The van der Waals surface area contributed by atoms with Crippen LogP contribution < -0.4 is 10.6 Å². The van der Waals surface area contributed by atoms with Gasteiger partial charge in [0.1, 0.15) is 0 Å². The highest BCUT2D eigenvalue weighted by molar-refractivity contribution is 5.76. The molecule has 0 aromatic carbocycles. The lowest BCUT2D eigenvalue weighted by Gasteiger charge is -2.25. The lowest BCUT2D eigenvalue weighted by molar-refractivity contribution is -0.125. The van der Waals surface area contributed by atoms with Gasteiger partial charge in [0.05, 0.1) is 24.7 Å². The van der Waals surface area contributed by atoms with Gasteiger partial charge in [0.2, 0.25) is 5.91 Å². The summed E-state index contributed by atoms with van der Waals surface area (Å²) in [4.78, 5) is 11.7. The number of carbonyl (C=O) groups is 1. The summed E-state index contributed by atoms with van der Waals surface area (Å²) < 4.78 is 11.1. The normalized spacial score (nSPS) is 33.6. The molecule has 2 rings (SSSR count). The Bertz CT molecular complexity index is 258. The van der Waals surface area contributed by atoms with Crippen LogP contribution >= 0.6 is 0 Å². The summed E-state index contributed by atoms with van der Waals surface area (Å²) in [6.07, 6.45) is 2.56. The minimum atomic E-state index is -0.165. The first-order valence-corrected chi connectivity index (χ1v) is 6.41. The molecule has 2 atom stereocenters. The van der Waals surface area contributed by atoms with E-state index in [1.165, 1.54) is 0 Å². The fourth-order valence-corrected chi connectivity index (χ4v) is 2.29. The average Bonchev–Trinajstić information content (AvgIpc) is 2.76. The Hall–Kier alpha value is -0.650. The second-order valence-electron chi connectivity index (χ2n) is 5.08. The van der Waals surface area contributed by atoms with Crippen molar-refractivity contribution in [1.29, 1.82) is 0 Å². The van der Waals surface area contributed by atoms with Crippen LogP contribution in [0.1, 0.15) is 26.2 Å². The Morgan fingerprint density at radius 2 is 2.41 bits per heavy atom. The van der Waals surface area contributed by atoms with Crippen molar-refractivity contribution in [3.05, 3.63) is 0 Å². The van der Waals surface area contributed by atoms with E-state index < -0.39 is 0 Å². The van der Waals surface area contributed by atoms with E-state index in [0.29, 0.717) is 19.6 Å². The van der Waals surface area contributed by atoms with E-state index in [2.05, 4.69) is 17.6 Å². The van der Waals surface area contributed by atoms with E-state index in [9.17, 15) is 4.79 Å². The summed E-state index contributed by atoms with van der Waals surface area (Å²) in [5, 5.41) is 6.16. The third-order valence-electron chi connectivity index (χ3n) is 3.38. The van der Waals surface area contributed by atoms with Crippen LogP contribution in [-0.4, -0.2) is 50.5 Å². The molecular weight excluding hydrogens is 220 g/mol.